The number of pyridine rings is 1. The molecular formula is C23H19Cl2FN6O. The molecule has 0 aliphatic carbocycles. The van der Waals surface area contributed by atoms with Crippen LogP contribution < -0.4 is 4.90 Å². The van der Waals surface area contributed by atoms with E-state index in [4.69, 9.17) is 23.2 Å². The smallest absolute Gasteiger partial charge is 0.259 e. The van der Waals surface area contributed by atoms with Crippen LogP contribution in [0.3, 0.4) is 0 Å². The molecule has 0 spiro atoms. The van der Waals surface area contributed by atoms with Gasteiger partial charge in [-0.25, -0.2) is 14.1 Å². The second kappa shape index (κ2) is 8.88. The van der Waals surface area contributed by atoms with Crippen molar-refractivity contribution < 1.29 is 9.18 Å². The summed E-state index contributed by atoms with van der Waals surface area (Å²) in [4.78, 5) is 21.6. The molecule has 1 saturated heterocycles. The van der Waals surface area contributed by atoms with Crippen LogP contribution >= 0.6 is 23.2 Å². The van der Waals surface area contributed by atoms with E-state index in [2.05, 4.69) is 10.1 Å². The van der Waals surface area contributed by atoms with Crippen molar-refractivity contribution in [2.24, 2.45) is 0 Å². The molecule has 0 radical (unpaired) electrons. The summed E-state index contributed by atoms with van der Waals surface area (Å²) in [5.41, 5.74) is 0.666. The number of hydrogen-bond acceptors (Lipinski definition) is 4. The lowest BCUT2D eigenvalue weighted by Crippen LogP contribution is -2.49. The molecule has 1 aliphatic rings. The number of rotatable bonds is 4. The van der Waals surface area contributed by atoms with E-state index in [9.17, 15) is 9.18 Å². The van der Waals surface area contributed by atoms with Gasteiger partial charge in [-0.1, -0.05) is 35.3 Å². The molecule has 1 aliphatic heterocycles. The summed E-state index contributed by atoms with van der Waals surface area (Å²) in [6, 6.07) is 11.7. The second-order valence-electron chi connectivity index (χ2n) is 7.57. The normalized spacial score (nSPS) is 14.0. The van der Waals surface area contributed by atoms with Crippen LogP contribution in [0.4, 0.5) is 10.2 Å². The Morgan fingerprint density at radius 3 is 2.39 bits per heavy atom. The fraction of sp³-hybridized carbons (Fsp3) is 0.174. The Morgan fingerprint density at radius 1 is 0.970 bits per heavy atom. The standard InChI is InChI=1S/C23H19Cl2FN6O/c24-16-13-18(25)21(27-14-16)29-9-11-31(12-10-29)23(33)17-15-28-32(20-6-2-1-5-19(20)26)22(17)30-7-3-4-8-30/h1-8,13-15H,9-12H2. The summed E-state index contributed by atoms with van der Waals surface area (Å²) in [5, 5.41) is 5.31. The zero-order valence-corrected chi connectivity index (χ0v) is 18.9. The van der Waals surface area contributed by atoms with E-state index in [1.807, 2.05) is 17.0 Å². The van der Waals surface area contributed by atoms with E-state index in [1.54, 1.807) is 52.3 Å². The van der Waals surface area contributed by atoms with Gasteiger partial charge in [-0.15, -0.1) is 0 Å². The van der Waals surface area contributed by atoms with Crippen molar-refractivity contribution >= 4 is 34.9 Å². The monoisotopic (exact) mass is 484 g/mol. The van der Waals surface area contributed by atoms with E-state index in [0.717, 1.165) is 0 Å². The van der Waals surface area contributed by atoms with Crippen LogP contribution in [0.5, 0.6) is 0 Å². The van der Waals surface area contributed by atoms with Gasteiger partial charge >= 0.3 is 0 Å². The number of anilines is 1. The molecule has 4 aromatic rings. The van der Waals surface area contributed by atoms with E-state index in [-0.39, 0.29) is 11.6 Å². The topological polar surface area (TPSA) is 59.2 Å². The highest BCUT2D eigenvalue weighted by molar-refractivity contribution is 6.36. The van der Waals surface area contributed by atoms with Gasteiger partial charge in [-0.05, 0) is 30.3 Å². The third kappa shape index (κ3) is 4.07. The Bertz CT molecular complexity index is 1300. The molecule has 0 bridgehead atoms. The molecule has 7 nitrogen and oxygen atoms in total. The van der Waals surface area contributed by atoms with Crippen molar-refractivity contribution in [1.82, 2.24) is 24.2 Å². The first-order chi connectivity index (χ1) is 16.0. The molecule has 5 rings (SSSR count). The molecule has 33 heavy (non-hydrogen) atoms. The Hall–Kier alpha value is -3.36. The van der Waals surface area contributed by atoms with Crippen LogP contribution in [0.15, 0.2) is 67.3 Å². The van der Waals surface area contributed by atoms with Crippen LogP contribution in [-0.2, 0) is 0 Å². The molecule has 168 valence electrons. The maximum absolute atomic E-state index is 14.5. The number of carbonyl (C=O) groups is 1. The quantitative estimate of drug-likeness (QED) is 0.428. The molecule has 10 heteroatoms. The fourth-order valence-electron chi connectivity index (χ4n) is 3.95. The molecule has 0 unspecified atom stereocenters. The molecule has 3 aromatic heterocycles. The maximum Gasteiger partial charge on any atom is 0.259 e. The molecule has 1 fully saturated rings. The summed E-state index contributed by atoms with van der Waals surface area (Å²) in [6.45, 7) is 2.10. The average Bonchev–Trinajstić information content (AvgIpc) is 3.49. The number of nitrogens with zero attached hydrogens (tertiary/aromatic N) is 6. The minimum absolute atomic E-state index is 0.170. The van der Waals surface area contributed by atoms with Crippen LogP contribution in [0.25, 0.3) is 11.5 Å². The van der Waals surface area contributed by atoms with Crippen molar-refractivity contribution in [1.29, 1.82) is 0 Å². The van der Waals surface area contributed by atoms with Crippen LogP contribution in [-0.4, -0.2) is 56.3 Å². The zero-order valence-electron chi connectivity index (χ0n) is 17.4. The summed E-state index contributed by atoms with van der Waals surface area (Å²) < 4.78 is 17.7. The van der Waals surface area contributed by atoms with Gasteiger partial charge in [0.05, 0.1) is 16.2 Å². The first kappa shape index (κ1) is 21.5. The predicted molar refractivity (Wildman–Crippen MR) is 125 cm³/mol. The SMILES string of the molecule is O=C(c1cnn(-c2ccccc2F)c1-n1cccc1)N1CCN(c2ncc(Cl)cc2Cl)CC1. The molecule has 0 atom stereocenters. The Kier molecular flexibility index (Phi) is 5.78. The molecule has 1 amide bonds. The maximum atomic E-state index is 14.5. The fourth-order valence-corrected chi connectivity index (χ4v) is 4.45. The number of amides is 1. The van der Waals surface area contributed by atoms with E-state index in [0.29, 0.717) is 53.4 Å². The number of halogens is 3. The van der Waals surface area contributed by atoms with E-state index in [1.165, 1.54) is 16.9 Å². The van der Waals surface area contributed by atoms with Gasteiger partial charge in [0, 0.05) is 44.8 Å². The van der Waals surface area contributed by atoms with Crippen LogP contribution in [0, 0.1) is 5.82 Å². The molecular weight excluding hydrogens is 466 g/mol. The Labute approximate surface area is 199 Å². The minimum atomic E-state index is -0.422. The van der Waals surface area contributed by atoms with Gasteiger partial charge < -0.3 is 14.4 Å². The number of aromatic nitrogens is 4. The van der Waals surface area contributed by atoms with Crippen molar-refractivity contribution in [3.8, 4) is 11.5 Å². The molecule has 0 N–H and O–H groups in total. The van der Waals surface area contributed by atoms with Crippen molar-refractivity contribution in [2.45, 2.75) is 0 Å². The summed E-state index contributed by atoms with van der Waals surface area (Å²) >= 11 is 12.2. The third-order valence-corrected chi connectivity index (χ3v) is 6.04. The highest BCUT2D eigenvalue weighted by Gasteiger charge is 2.28. The zero-order chi connectivity index (χ0) is 22.9. The molecule has 1 aromatic carbocycles. The highest BCUT2D eigenvalue weighted by atomic mass is 35.5. The van der Waals surface area contributed by atoms with Gasteiger partial charge in [-0.2, -0.15) is 5.10 Å². The molecule has 0 saturated carbocycles. The number of carbonyl (C=O) groups excluding carboxylic acids is 1. The Morgan fingerprint density at radius 2 is 1.70 bits per heavy atom. The van der Waals surface area contributed by atoms with Gasteiger partial charge in [-0.3, -0.25) is 4.79 Å². The minimum Gasteiger partial charge on any atom is -0.352 e. The lowest BCUT2D eigenvalue weighted by Gasteiger charge is -2.35. The highest BCUT2D eigenvalue weighted by Crippen LogP contribution is 2.28. The van der Waals surface area contributed by atoms with E-state index < -0.39 is 5.82 Å². The first-order valence-corrected chi connectivity index (χ1v) is 11.1. The van der Waals surface area contributed by atoms with Gasteiger partial charge in [0.2, 0.25) is 0 Å². The summed E-state index contributed by atoms with van der Waals surface area (Å²) in [6.07, 6.45) is 6.66. The van der Waals surface area contributed by atoms with Crippen molar-refractivity contribution in [3.05, 3.63) is 88.7 Å². The number of para-hydroxylation sites is 1. The lowest BCUT2D eigenvalue weighted by molar-refractivity contribution is 0.0746. The van der Waals surface area contributed by atoms with Gasteiger partial charge in [0.1, 0.15) is 22.9 Å². The predicted octanol–water partition coefficient (Wildman–Crippen LogP) is 4.47. The first-order valence-electron chi connectivity index (χ1n) is 10.3. The van der Waals surface area contributed by atoms with Crippen molar-refractivity contribution in [3.63, 3.8) is 0 Å². The summed E-state index contributed by atoms with van der Waals surface area (Å²) in [5.74, 6) is 0.540. The Balaban J connectivity index is 1.42. The number of hydrogen-bond donors (Lipinski definition) is 0. The average molecular weight is 485 g/mol. The largest absolute Gasteiger partial charge is 0.352 e. The lowest BCUT2D eigenvalue weighted by atomic mass is 10.2. The van der Waals surface area contributed by atoms with Gasteiger partial charge in [0.15, 0.2) is 5.82 Å². The van der Waals surface area contributed by atoms with Crippen LogP contribution in [0.2, 0.25) is 10.0 Å². The number of piperazine rings is 1. The molecule has 4 heterocycles. The summed E-state index contributed by atoms with van der Waals surface area (Å²) in [7, 11) is 0. The van der Waals surface area contributed by atoms with Gasteiger partial charge in [0.25, 0.3) is 5.91 Å². The van der Waals surface area contributed by atoms with Crippen LogP contribution in [0.1, 0.15) is 10.4 Å². The third-order valence-electron chi connectivity index (χ3n) is 5.56. The van der Waals surface area contributed by atoms with Crippen molar-refractivity contribution in [2.75, 3.05) is 31.1 Å². The van der Waals surface area contributed by atoms with E-state index >= 15 is 0 Å². The second-order valence-corrected chi connectivity index (χ2v) is 8.42. The number of benzene rings is 1.